The van der Waals surface area contributed by atoms with Crippen LogP contribution in [0.15, 0.2) is 131 Å². The number of likely N-dealkylation sites (tertiary alicyclic amines) is 1. The van der Waals surface area contributed by atoms with Gasteiger partial charge in [-0.05, 0) is 77.7 Å². The molecule has 64 heavy (non-hydrogen) atoms. The number of H-pyrrole nitrogens is 1. The number of hydrogen-bond acceptors (Lipinski definition) is 14. The molecule has 0 radical (unpaired) electrons. The molecule has 2 fully saturated rings. The quantitative estimate of drug-likeness (QED) is 0.0461. The lowest BCUT2D eigenvalue weighted by Crippen LogP contribution is -2.47. The van der Waals surface area contributed by atoms with E-state index in [9.17, 15) is 18.5 Å². The van der Waals surface area contributed by atoms with Crippen LogP contribution in [0.2, 0.25) is 5.02 Å². The average molecular weight is 918 g/mol. The molecule has 5 aromatic carbocycles. The molecule has 0 amide bonds. The highest BCUT2D eigenvalue weighted by molar-refractivity contribution is 7.99. The Morgan fingerprint density at radius 3 is 2.44 bits per heavy atom. The second kappa shape index (κ2) is 19.3. The Labute approximate surface area is 379 Å². The number of hydrogen-bond donors (Lipinski definition) is 3. The van der Waals surface area contributed by atoms with Crippen LogP contribution in [0.1, 0.15) is 23.7 Å². The van der Waals surface area contributed by atoms with Crippen LogP contribution in [0.4, 0.5) is 22.9 Å². The van der Waals surface area contributed by atoms with Crippen molar-refractivity contribution in [3.8, 4) is 11.1 Å². The number of nitrogens with one attached hydrogen (secondary N) is 3. The van der Waals surface area contributed by atoms with Crippen molar-refractivity contribution in [1.82, 2.24) is 40.4 Å². The zero-order chi connectivity index (χ0) is 44.0. The van der Waals surface area contributed by atoms with E-state index in [1.165, 1.54) is 29.6 Å². The zero-order valence-electron chi connectivity index (χ0n) is 34.6. The summed E-state index contributed by atoms with van der Waals surface area (Å²) >= 11 is 7.80. The number of halogens is 1. The van der Waals surface area contributed by atoms with Gasteiger partial charge >= 0.3 is 0 Å². The van der Waals surface area contributed by atoms with Crippen LogP contribution < -0.4 is 14.9 Å². The number of tetrazole rings is 1. The van der Waals surface area contributed by atoms with Gasteiger partial charge in [-0.25, -0.2) is 18.4 Å². The third kappa shape index (κ3) is 10.1. The van der Waals surface area contributed by atoms with Crippen molar-refractivity contribution in [2.75, 3.05) is 66.5 Å². The van der Waals surface area contributed by atoms with Gasteiger partial charge in [0.1, 0.15) is 12.0 Å². The first-order valence-electron chi connectivity index (χ1n) is 20.9. The summed E-state index contributed by atoms with van der Waals surface area (Å²) in [5, 5.41) is 31.5. The van der Waals surface area contributed by atoms with Gasteiger partial charge in [-0.2, -0.15) is 5.21 Å². The minimum absolute atomic E-state index is 0.0798. The molecular formula is C45H45ClN12O4S2. The Hall–Kier alpha value is -6.18. The van der Waals surface area contributed by atoms with Gasteiger partial charge in [-0.1, -0.05) is 71.4 Å². The van der Waals surface area contributed by atoms with Gasteiger partial charge < -0.3 is 15.1 Å². The maximum Gasteiger partial charge on any atom is 0.293 e. The number of thioether (sulfide) groups is 1. The Bertz CT molecular complexity index is 2830. The number of aromatic nitrogens is 6. The summed E-state index contributed by atoms with van der Waals surface area (Å²) in [4.78, 5) is 28.5. The van der Waals surface area contributed by atoms with Gasteiger partial charge in [0.25, 0.3) is 15.7 Å². The minimum Gasteiger partial charge on any atom is -0.376 e. The zero-order valence-corrected chi connectivity index (χ0v) is 37.0. The molecule has 16 nitrogen and oxygen atoms in total. The predicted molar refractivity (Wildman–Crippen MR) is 250 cm³/mol. The molecule has 0 saturated carbocycles. The van der Waals surface area contributed by atoms with Crippen molar-refractivity contribution >= 4 is 67.2 Å². The number of fused-ring (bicyclic) bond motifs is 1. The van der Waals surface area contributed by atoms with E-state index in [1.807, 2.05) is 60.7 Å². The van der Waals surface area contributed by atoms with Gasteiger partial charge in [-0.3, -0.25) is 19.7 Å². The molecule has 0 spiro atoms. The standard InChI is InChI=1S/C45H45ClN12O4S2/c46-34-12-10-31(11-13-34)39-9-5-4-6-32(39)26-55-20-22-57(23-21-55)36-14-16-40-42(24-36)47-30-48-45(40)52-64(61,62)38-15-17-41(43(25-38)58(59)60)49-35(29-63-37-7-2-1-3-8-37)18-19-56-27-33(28-56)44-50-53-54-51-44/h1-17,24-25,30,33,35,49H,18-23,26-29H2,(H,47,48,52)(H,50,51,53,54)/t35-/m1/s1. The summed E-state index contributed by atoms with van der Waals surface area (Å²) in [6.45, 7) is 6.48. The van der Waals surface area contributed by atoms with Crippen molar-refractivity contribution in [3.63, 3.8) is 0 Å². The van der Waals surface area contributed by atoms with Gasteiger partial charge in [0, 0.05) is 97.1 Å². The van der Waals surface area contributed by atoms with Gasteiger partial charge in [0.05, 0.1) is 15.3 Å². The third-order valence-electron chi connectivity index (χ3n) is 11.7. The highest BCUT2D eigenvalue weighted by Crippen LogP contribution is 2.33. The summed E-state index contributed by atoms with van der Waals surface area (Å²) < 4.78 is 30.3. The lowest BCUT2D eigenvalue weighted by molar-refractivity contribution is -0.384. The molecule has 328 valence electrons. The number of piperazine rings is 1. The van der Waals surface area contributed by atoms with Crippen LogP contribution in [-0.4, -0.2) is 111 Å². The molecule has 0 bridgehead atoms. The summed E-state index contributed by atoms with van der Waals surface area (Å²) in [5.41, 5.74) is 5.01. The molecule has 4 heterocycles. The number of anilines is 3. The van der Waals surface area contributed by atoms with Crippen molar-refractivity contribution < 1.29 is 13.3 Å². The third-order valence-corrected chi connectivity index (χ3v) is 14.4. The fourth-order valence-electron chi connectivity index (χ4n) is 8.16. The monoisotopic (exact) mass is 916 g/mol. The van der Waals surface area contributed by atoms with Crippen LogP contribution >= 0.6 is 23.4 Å². The molecule has 0 unspecified atom stereocenters. The summed E-state index contributed by atoms with van der Waals surface area (Å²) in [6.07, 6.45) is 2.01. The second-order valence-electron chi connectivity index (χ2n) is 15.9. The van der Waals surface area contributed by atoms with E-state index in [0.29, 0.717) is 33.9 Å². The van der Waals surface area contributed by atoms with E-state index in [-0.39, 0.29) is 34.0 Å². The molecule has 0 aliphatic carbocycles. The SMILES string of the molecule is O=[N+]([O-])c1cc(S(=O)(=O)Nc2ncnc3cc(N4CCN(Cc5ccccc5-c5ccc(Cl)cc5)CC4)ccc23)ccc1N[C@H](CCN1CC(c2nn[nH]n2)C1)CSc1ccccc1. The molecule has 2 aliphatic rings. The van der Waals surface area contributed by atoms with E-state index in [4.69, 9.17) is 11.6 Å². The Morgan fingerprint density at radius 2 is 1.67 bits per heavy atom. The number of nitrogens with zero attached hydrogens (tertiary/aromatic N) is 9. The van der Waals surface area contributed by atoms with E-state index in [2.05, 4.69) is 91.7 Å². The van der Waals surface area contributed by atoms with Crippen LogP contribution in [0.3, 0.4) is 0 Å². The molecule has 7 aromatic rings. The molecule has 2 saturated heterocycles. The van der Waals surface area contributed by atoms with E-state index < -0.39 is 14.9 Å². The molecule has 3 N–H and O–H groups in total. The Morgan fingerprint density at radius 1 is 0.891 bits per heavy atom. The maximum atomic E-state index is 13.9. The van der Waals surface area contributed by atoms with Crippen molar-refractivity contribution in [3.05, 3.63) is 148 Å². The van der Waals surface area contributed by atoms with Crippen LogP contribution in [0.25, 0.3) is 22.0 Å². The van der Waals surface area contributed by atoms with Crippen LogP contribution in [0, 0.1) is 10.1 Å². The second-order valence-corrected chi connectivity index (χ2v) is 19.1. The highest BCUT2D eigenvalue weighted by atomic mass is 35.5. The summed E-state index contributed by atoms with van der Waals surface area (Å²) in [5.74, 6) is 1.61. The van der Waals surface area contributed by atoms with E-state index >= 15 is 0 Å². The van der Waals surface area contributed by atoms with Crippen LogP contribution in [0.5, 0.6) is 0 Å². The van der Waals surface area contributed by atoms with Crippen molar-refractivity contribution in [1.29, 1.82) is 0 Å². The number of nitro groups is 1. The lowest BCUT2D eigenvalue weighted by Gasteiger charge is -2.38. The minimum atomic E-state index is -4.30. The Balaban J connectivity index is 0.855. The number of nitro benzene ring substituents is 1. The molecule has 1 atom stereocenters. The highest BCUT2D eigenvalue weighted by Gasteiger charge is 2.32. The van der Waals surface area contributed by atoms with Gasteiger partial charge in [0.2, 0.25) is 0 Å². The van der Waals surface area contributed by atoms with Crippen molar-refractivity contribution in [2.45, 2.75) is 34.7 Å². The molecule has 19 heteroatoms. The normalized spacial score (nSPS) is 15.5. The largest absolute Gasteiger partial charge is 0.376 e. The first-order valence-corrected chi connectivity index (χ1v) is 23.8. The first-order chi connectivity index (χ1) is 31.1. The molecular weight excluding hydrogens is 872 g/mol. The van der Waals surface area contributed by atoms with Crippen molar-refractivity contribution in [2.24, 2.45) is 0 Å². The number of sulfonamides is 1. The lowest BCUT2D eigenvalue weighted by atomic mass is 9.99. The number of aromatic amines is 1. The molecule has 2 aromatic heterocycles. The fraction of sp³-hybridized carbons (Fsp3) is 0.267. The smallest absolute Gasteiger partial charge is 0.293 e. The van der Waals surface area contributed by atoms with Gasteiger partial charge in [-0.15, -0.1) is 22.0 Å². The average Bonchev–Trinajstić information content (AvgIpc) is 3.83. The molecule has 2 aliphatic heterocycles. The number of benzene rings is 5. The first kappa shape index (κ1) is 43.1. The van der Waals surface area contributed by atoms with E-state index in [1.54, 1.807) is 11.8 Å². The van der Waals surface area contributed by atoms with Crippen LogP contribution in [-0.2, 0) is 16.6 Å². The van der Waals surface area contributed by atoms with E-state index in [0.717, 1.165) is 74.6 Å². The predicted octanol–water partition coefficient (Wildman–Crippen LogP) is 7.56. The summed E-state index contributed by atoms with van der Waals surface area (Å²) in [7, 11) is -4.30. The topological polar surface area (TPSA) is 191 Å². The number of rotatable bonds is 17. The Kier molecular flexibility index (Phi) is 13.0. The summed E-state index contributed by atoms with van der Waals surface area (Å²) in [6, 6.07) is 35.8. The fourth-order valence-corrected chi connectivity index (χ4v) is 10.3. The molecule has 9 rings (SSSR count). The maximum absolute atomic E-state index is 13.9. The van der Waals surface area contributed by atoms with Gasteiger partial charge in [0.15, 0.2) is 11.6 Å².